The number of anilines is 1. The molecule has 1 N–H and O–H groups in total. The molecule has 108 valence electrons. The van der Waals surface area contributed by atoms with Gasteiger partial charge in [-0.05, 0) is 56.2 Å². The fraction of sp³-hybridized carbons (Fsp3) is 0.588. The number of nitrogens with one attached hydrogen (secondary N) is 1. The highest BCUT2D eigenvalue weighted by Gasteiger charge is 2.29. The highest BCUT2D eigenvalue weighted by atomic mass is 16.2. The Morgan fingerprint density at radius 2 is 2.15 bits per heavy atom. The second-order valence-electron chi connectivity index (χ2n) is 6.35. The van der Waals surface area contributed by atoms with Crippen molar-refractivity contribution in [2.75, 3.05) is 18.4 Å². The van der Waals surface area contributed by atoms with E-state index in [1.165, 1.54) is 12.0 Å². The Bertz CT molecular complexity index is 512. The highest BCUT2D eigenvalue weighted by Crippen LogP contribution is 2.29. The van der Waals surface area contributed by atoms with Gasteiger partial charge in [0.2, 0.25) is 0 Å². The highest BCUT2D eigenvalue weighted by molar-refractivity contribution is 5.97. The first-order valence-electron chi connectivity index (χ1n) is 7.83. The minimum atomic E-state index is 0.226. The van der Waals surface area contributed by atoms with E-state index in [4.69, 9.17) is 0 Å². The molecule has 0 bridgehead atoms. The van der Waals surface area contributed by atoms with Gasteiger partial charge in [0.25, 0.3) is 5.91 Å². The molecular weight excluding hydrogens is 248 g/mol. The Kier molecular flexibility index (Phi) is 3.68. The third kappa shape index (κ3) is 2.41. The van der Waals surface area contributed by atoms with Crippen LogP contribution in [0.3, 0.4) is 0 Å². The number of piperidine rings is 1. The van der Waals surface area contributed by atoms with E-state index < -0.39 is 0 Å². The lowest BCUT2D eigenvalue weighted by Gasteiger charge is -2.37. The molecule has 1 amide bonds. The first-order chi connectivity index (χ1) is 9.66. The van der Waals surface area contributed by atoms with Crippen molar-refractivity contribution in [1.82, 2.24) is 4.90 Å². The van der Waals surface area contributed by atoms with Crippen molar-refractivity contribution >= 4 is 11.6 Å². The van der Waals surface area contributed by atoms with E-state index in [0.29, 0.717) is 12.0 Å². The number of likely N-dealkylation sites (tertiary alicyclic amines) is 1. The lowest BCUT2D eigenvalue weighted by Crippen LogP contribution is -2.45. The molecule has 0 radical (unpaired) electrons. The summed E-state index contributed by atoms with van der Waals surface area (Å²) in [6.45, 7) is 6.34. The van der Waals surface area contributed by atoms with E-state index in [9.17, 15) is 4.79 Å². The largest absolute Gasteiger partial charge is 0.385 e. The lowest BCUT2D eigenvalue weighted by molar-refractivity contribution is 0.0573. The molecule has 2 heterocycles. The number of amides is 1. The molecule has 2 atom stereocenters. The molecule has 2 aliphatic rings. The Hall–Kier alpha value is -1.51. The average Bonchev–Trinajstić information content (AvgIpc) is 2.48. The number of carbonyl (C=O) groups is 1. The summed E-state index contributed by atoms with van der Waals surface area (Å²) in [5.41, 5.74) is 3.28. The molecule has 0 aromatic heterocycles. The second-order valence-corrected chi connectivity index (χ2v) is 6.35. The molecule has 2 aliphatic heterocycles. The number of hydrogen-bond acceptors (Lipinski definition) is 2. The third-order valence-electron chi connectivity index (χ3n) is 4.70. The molecule has 0 spiro atoms. The summed E-state index contributed by atoms with van der Waals surface area (Å²) in [5, 5.41) is 3.41. The zero-order valence-electron chi connectivity index (χ0n) is 12.5. The van der Waals surface area contributed by atoms with Crippen LogP contribution in [0.5, 0.6) is 0 Å². The quantitative estimate of drug-likeness (QED) is 0.850. The van der Waals surface area contributed by atoms with Crippen LogP contribution >= 0.6 is 0 Å². The molecule has 3 heteroatoms. The Morgan fingerprint density at radius 1 is 1.30 bits per heavy atom. The summed E-state index contributed by atoms with van der Waals surface area (Å²) in [6.07, 6.45) is 4.49. The van der Waals surface area contributed by atoms with Crippen molar-refractivity contribution in [3.8, 4) is 0 Å². The Balaban J connectivity index is 1.90. The van der Waals surface area contributed by atoms with Crippen molar-refractivity contribution in [2.45, 2.75) is 45.6 Å². The number of carbonyl (C=O) groups excluding carboxylic acids is 1. The van der Waals surface area contributed by atoms with Gasteiger partial charge in [-0.25, -0.2) is 0 Å². The summed E-state index contributed by atoms with van der Waals surface area (Å²) >= 11 is 0. The zero-order chi connectivity index (χ0) is 14.1. The van der Waals surface area contributed by atoms with E-state index in [0.717, 1.165) is 43.6 Å². The van der Waals surface area contributed by atoms with E-state index in [1.54, 1.807) is 0 Å². The first kappa shape index (κ1) is 13.5. The number of hydrogen-bond donors (Lipinski definition) is 1. The molecule has 1 fully saturated rings. The standard InChI is InChI=1S/C17H24N2O/c1-12-8-9-13(2)19(11-12)17(20)15-5-3-7-16-14(15)6-4-10-18-16/h3,5,7,12-13,18H,4,6,8-11H2,1-2H3. The molecule has 1 saturated heterocycles. The van der Waals surface area contributed by atoms with Crippen molar-refractivity contribution < 1.29 is 4.79 Å². The van der Waals surface area contributed by atoms with Crippen molar-refractivity contribution in [3.63, 3.8) is 0 Å². The summed E-state index contributed by atoms with van der Waals surface area (Å²) in [6, 6.07) is 6.46. The van der Waals surface area contributed by atoms with Crippen molar-refractivity contribution in [2.24, 2.45) is 5.92 Å². The van der Waals surface area contributed by atoms with Crippen LogP contribution in [-0.4, -0.2) is 29.9 Å². The van der Waals surface area contributed by atoms with Gasteiger partial charge in [-0.2, -0.15) is 0 Å². The normalized spacial score (nSPS) is 25.8. The summed E-state index contributed by atoms with van der Waals surface area (Å²) in [7, 11) is 0. The van der Waals surface area contributed by atoms with Crippen LogP contribution in [0.15, 0.2) is 18.2 Å². The summed E-state index contributed by atoms with van der Waals surface area (Å²) in [5.74, 6) is 0.845. The van der Waals surface area contributed by atoms with Crippen LogP contribution in [0.2, 0.25) is 0 Å². The van der Waals surface area contributed by atoms with Gasteiger partial charge >= 0.3 is 0 Å². The molecule has 2 unspecified atom stereocenters. The molecule has 20 heavy (non-hydrogen) atoms. The van der Waals surface area contributed by atoms with Gasteiger partial charge in [0.15, 0.2) is 0 Å². The van der Waals surface area contributed by atoms with Crippen molar-refractivity contribution in [1.29, 1.82) is 0 Å². The van der Waals surface area contributed by atoms with Gasteiger partial charge in [0.1, 0.15) is 0 Å². The van der Waals surface area contributed by atoms with Gasteiger partial charge in [-0.1, -0.05) is 13.0 Å². The maximum atomic E-state index is 12.9. The fourth-order valence-electron chi connectivity index (χ4n) is 3.44. The maximum absolute atomic E-state index is 12.9. The molecule has 3 nitrogen and oxygen atoms in total. The lowest BCUT2D eigenvalue weighted by atomic mass is 9.92. The monoisotopic (exact) mass is 272 g/mol. The summed E-state index contributed by atoms with van der Waals surface area (Å²) in [4.78, 5) is 15.0. The van der Waals surface area contributed by atoms with Gasteiger partial charge in [-0.3, -0.25) is 4.79 Å². The van der Waals surface area contributed by atoms with Gasteiger partial charge in [-0.15, -0.1) is 0 Å². The SMILES string of the molecule is CC1CCC(C)N(C(=O)c2cccc3c2CCCN3)C1. The van der Waals surface area contributed by atoms with E-state index >= 15 is 0 Å². The van der Waals surface area contributed by atoms with Crippen molar-refractivity contribution in [3.05, 3.63) is 29.3 Å². The van der Waals surface area contributed by atoms with Gasteiger partial charge in [0.05, 0.1) is 0 Å². The van der Waals surface area contributed by atoms with Crippen LogP contribution in [0, 0.1) is 5.92 Å². The smallest absolute Gasteiger partial charge is 0.254 e. The molecule has 0 saturated carbocycles. The van der Waals surface area contributed by atoms with Crippen LogP contribution in [-0.2, 0) is 6.42 Å². The third-order valence-corrected chi connectivity index (χ3v) is 4.70. The number of benzene rings is 1. The molecule has 1 aromatic rings. The van der Waals surface area contributed by atoms with E-state index in [1.807, 2.05) is 12.1 Å². The zero-order valence-corrected chi connectivity index (χ0v) is 12.5. The predicted molar refractivity (Wildman–Crippen MR) is 82.1 cm³/mol. The van der Waals surface area contributed by atoms with Crippen LogP contribution in [0.1, 0.15) is 49.0 Å². The number of nitrogens with zero attached hydrogens (tertiary/aromatic N) is 1. The molecule has 0 aliphatic carbocycles. The number of fused-ring (bicyclic) bond motifs is 1. The average molecular weight is 272 g/mol. The minimum Gasteiger partial charge on any atom is -0.385 e. The number of rotatable bonds is 1. The topological polar surface area (TPSA) is 32.3 Å². The Labute approximate surface area is 121 Å². The fourth-order valence-corrected chi connectivity index (χ4v) is 3.44. The second kappa shape index (κ2) is 5.47. The van der Waals surface area contributed by atoms with E-state index in [-0.39, 0.29) is 5.91 Å². The van der Waals surface area contributed by atoms with Crippen LogP contribution in [0.25, 0.3) is 0 Å². The van der Waals surface area contributed by atoms with Crippen LogP contribution < -0.4 is 5.32 Å². The van der Waals surface area contributed by atoms with Gasteiger partial charge in [0, 0.05) is 30.4 Å². The van der Waals surface area contributed by atoms with Crippen LogP contribution in [0.4, 0.5) is 5.69 Å². The van der Waals surface area contributed by atoms with E-state index in [2.05, 4.69) is 30.1 Å². The Morgan fingerprint density at radius 3 is 3.00 bits per heavy atom. The minimum absolute atomic E-state index is 0.226. The molecular formula is C17H24N2O. The molecule has 3 rings (SSSR count). The summed E-state index contributed by atoms with van der Waals surface area (Å²) < 4.78 is 0. The van der Waals surface area contributed by atoms with Gasteiger partial charge < -0.3 is 10.2 Å². The maximum Gasteiger partial charge on any atom is 0.254 e. The first-order valence-corrected chi connectivity index (χ1v) is 7.83. The molecule has 1 aromatic carbocycles. The predicted octanol–water partition coefficient (Wildman–Crippen LogP) is 3.31.